The standard InChI is InChI=1S/C26H32N4O3S/c1-5-20(19-6-9-30(10-7-19)14-23-27-8-11-33-23)24-18(4)22(15-34-24)25(31)28-13-21-16(2)12-17(3)29-26(21)32/h8,11-12,15H,5-7,9-10,13-14H2,1-4H3,(H,28,31)(H,29,32). The van der Waals surface area contributed by atoms with Crippen molar-refractivity contribution in [3.05, 3.63) is 78.5 Å². The maximum absolute atomic E-state index is 13.0. The maximum atomic E-state index is 13.0. The zero-order chi connectivity index (χ0) is 24.2. The molecule has 0 atom stereocenters. The van der Waals surface area contributed by atoms with Gasteiger partial charge in [0, 0.05) is 41.1 Å². The summed E-state index contributed by atoms with van der Waals surface area (Å²) in [5, 5.41) is 4.89. The molecule has 1 aliphatic heterocycles. The summed E-state index contributed by atoms with van der Waals surface area (Å²) in [6.45, 7) is 10.9. The Bertz CT molecular complexity index is 1240. The van der Waals surface area contributed by atoms with Crippen LogP contribution in [0.5, 0.6) is 0 Å². The lowest BCUT2D eigenvalue weighted by Crippen LogP contribution is -2.30. The van der Waals surface area contributed by atoms with Gasteiger partial charge in [-0.3, -0.25) is 14.5 Å². The van der Waals surface area contributed by atoms with Gasteiger partial charge in [0.2, 0.25) is 5.89 Å². The first-order valence-corrected chi connectivity index (χ1v) is 12.6. The van der Waals surface area contributed by atoms with Gasteiger partial charge in [0.05, 0.1) is 18.3 Å². The smallest absolute Gasteiger partial charge is 0.253 e. The van der Waals surface area contributed by atoms with E-state index in [4.69, 9.17) is 4.42 Å². The lowest BCUT2D eigenvalue weighted by molar-refractivity contribution is 0.0950. The molecular formula is C26H32N4O3S. The Morgan fingerprint density at radius 1 is 1.26 bits per heavy atom. The number of rotatable bonds is 7. The van der Waals surface area contributed by atoms with Crippen LogP contribution in [0.4, 0.5) is 0 Å². The van der Waals surface area contributed by atoms with Gasteiger partial charge in [0.15, 0.2) is 0 Å². The van der Waals surface area contributed by atoms with E-state index in [9.17, 15) is 9.59 Å². The first-order chi connectivity index (χ1) is 16.4. The molecule has 3 aromatic rings. The molecule has 4 rings (SSSR count). The summed E-state index contributed by atoms with van der Waals surface area (Å²) in [7, 11) is 0. The number of amides is 1. The number of allylic oxidation sites excluding steroid dienone is 1. The molecule has 0 bridgehead atoms. The predicted molar refractivity (Wildman–Crippen MR) is 135 cm³/mol. The third-order valence-corrected chi connectivity index (χ3v) is 7.70. The van der Waals surface area contributed by atoms with Crippen molar-refractivity contribution in [2.45, 2.75) is 60.0 Å². The van der Waals surface area contributed by atoms with Crippen molar-refractivity contribution in [3.63, 3.8) is 0 Å². The Hall–Kier alpha value is -2.97. The summed E-state index contributed by atoms with van der Waals surface area (Å²) in [6.07, 6.45) is 6.27. The fourth-order valence-electron chi connectivity index (χ4n) is 4.68. The van der Waals surface area contributed by atoms with Gasteiger partial charge in [-0.05, 0) is 62.8 Å². The Labute approximate surface area is 203 Å². The third kappa shape index (κ3) is 5.23. The average molecular weight is 481 g/mol. The summed E-state index contributed by atoms with van der Waals surface area (Å²) >= 11 is 1.64. The van der Waals surface area contributed by atoms with Gasteiger partial charge in [0.1, 0.15) is 6.26 Å². The minimum atomic E-state index is -0.146. The van der Waals surface area contributed by atoms with Crippen LogP contribution < -0.4 is 10.9 Å². The molecule has 0 aliphatic carbocycles. The topological polar surface area (TPSA) is 91.2 Å². The second kappa shape index (κ2) is 10.5. The maximum Gasteiger partial charge on any atom is 0.253 e. The molecule has 0 spiro atoms. The molecule has 0 unspecified atom stereocenters. The third-order valence-electron chi connectivity index (χ3n) is 6.56. The first kappa shape index (κ1) is 24.2. The SMILES string of the molecule is CCC(=C1CCN(Cc2ncco2)CC1)c1scc(C(=O)NCc2c(C)cc(C)[nH]c2=O)c1C. The molecule has 34 heavy (non-hydrogen) atoms. The van der Waals surface area contributed by atoms with Crippen LogP contribution in [0.15, 0.2) is 38.7 Å². The number of hydrogen-bond acceptors (Lipinski definition) is 6. The number of aromatic nitrogens is 2. The summed E-state index contributed by atoms with van der Waals surface area (Å²) in [4.78, 5) is 35.9. The van der Waals surface area contributed by atoms with Crippen molar-refractivity contribution in [1.82, 2.24) is 20.2 Å². The zero-order valence-corrected chi connectivity index (χ0v) is 21.1. The quantitative estimate of drug-likeness (QED) is 0.510. The van der Waals surface area contributed by atoms with Crippen molar-refractivity contribution in [2.75, 3.05) is 13.1 Å². The van der Waals surface area contributed by atoms with E-state index in [-0.39, 0.29) is 18.0 Å². The normalized spacial score (nSPS) is 14.4. The highest BCUT2D eigenvalue weighted by Crippen LogP contribution is 2.36. The van der Waals surface area contributed by atoms with Gasteiger partial charge >= 0.3 is 0 Å². The summed E-state index contributed by atoms with van der Waals surface area (Å²) < 4.78 is 5.39. The number of piperidine rings is 1. The number of H-pyrrole nitrogens is 1. The number of pyridine rings is 1. The van der Waals surface area contributed by atoms with Crippen LogP contribution in [0, 0.1) is 20.8 Å². The van der Waals surface area contributed by atoms with Crippen molar-refractivity contribution in [3.8, 4) is 0 Å². The van der Waals surface area contributed by atoms with Gasteiger partial charge in [-0.25, -0.2) is 4.98 Å². The highest BCUT2D eigenvalue weighted by Gasteiger charge is 2.22. The van der Waals surface area contributed by atoms with E-state index < -0.39 is 0 Å². The monoisotopic (exact) mass is 480 g/mol. The van der Waals surface area contributed by atoms with Crippen LogP contribution in [-0.4, -0.2) is 33.9 Å². The molecule has 1 fully saturated rings. The molecule has 1 saturated heterocycles. The second-order valence-electron chi connectivity index (χ2n) is 8.87. The van der Waals surface area contributed by atoms with Crippen LogP contribution in [0.25, 0.3) is 5.57 Å². The van der Waals surface area contributed by atoms with Crippen LogP contribution in [0.3, 0.4) is 0 Å². The predicted octanol–water partition coefficient (Wildman–Crippen LogP) is 4.74. The molecule has 7 nitrogen and oxygen atoms in total. The Morgan fingerprint density at radius 2 is 2.03 bits per heavy atom. The van der Waals surface area contributed by atoms with Gasteiger partial charge in [-0.2, -0.15) is 0 Å². The molecule has 180 valence electrons. The van der Waals surface area contributed by atoms with E-state index in [0.717, 1.165) is 61.6 Å². The number of nitrogens with zero attached hydrogens (tertiary/aromatic N) is 2. The molecule has 1 amide bonds. The van der Waals surface area contributed by atoms with Crippen LogP contribution >= 0.6 is 11.3 Å². The van der Waals surface area contributed by atoms with E-state index >= 15 is 0 Å². The second-order valence-corrected chi connectivity index (χ2v) is 9.75. The number of nitrogens with one attached hydrogen (secondary N) is 2. The highest BCUT2D eigenvalue weighted by atomic mass is 32.1. The Balaban J connectivity index is 1.45. The van der Waals surface area contributed by atoms with Gasteiger partial charge < -0.3 is 14.7 Å². The van der Waals surface area contributed by atoms with Crippen molar-refractivity contribution in [2.24, 2.45) is 0 Å². The molecule has 2 N–H and O–H groups in total. The summed E-state index contributed by atoms with van der Waals surface area (Å²) in [5.41, 5.74) is 6.70. The van der Waals surface area contributed by atoms with Gasteiger partial charge in [-0.15, -0.1) is 11.3 Å². The number of carbonyl (C=O) groups excluding carboxylic acids is 1. The first-order valence-electron chi connectivity index (χ1n) is 11.7. The lowest BCUT2D eigenvalue weighted by Gasteiger charge is -2.28. The molecule has 0 aromatic carbocycles. The number of aryl methyl sites for hydroxylation is 2. The molecule has 0 saturated carbocycles. The highest BCUT2D eigenvalue weighted by molar-refractivity contribution is 7.11. The summed E-state index contributed by atoms with van der Waals surface area (Å²) in [5.74, 6) is 0.622. The molecular weight excluding hydrogens is 448 g/mol. The van der Waals surface area contributed by atoms with Crippen molar-refractivity contribution in [1.29, 1.82) is 0 Å². The fraction of sp³-hybridized carbons (Fsp3) is 0.423. The molecule has 1 aliphatic rings. The molecule has 4 heterocycles. The van der Waals surface area contributed by atoms with E-state index in [1.807, 2.05) is 32.2 Å². The van der Waals surface area contributed by atoms with Crippen molar-refractivity contribution >= 4 is 22.8 Å². The van der Waals surface area contributed by atoms with E-state index in [0.29, 0.717) is 11.1 Å². The fourth-order valence-corrected chi connectivity index (χ4v) is 5.92. The minimum absolute atomic E-state index is 0.138. The van der Waals surface area contributed by atoms with Gasteiger partial charge in [-0.1, -0.05) is 12.5 Å². The molecule has 8 heteroatoms. The molecule has 3 aromatic heterocycles. The number of aromatic amines is 1. The zero-order valence-electron chi connectivity index (χ0n) is 20.3. The lowest BCUT2D eigenvalue weighted by atomic mass is 9.93. The van der Waals surface area contributed by atoms with E-state index in [2.05, 4.69) is 27.1 Å². The number of carbonyl (C=O) groups is 1. The number of likely N-dealkylation sites (tertiary alicyclic amines) is 1. The number of thiophene rings is 1. The van der Waals surface area contributed by atoms with Crippen LogP contribution in [-0.2, 0) is 13.1 Å². The van der Waals surface area contributed by atoms with E-state index in [1.165, 1.54) is 16.0 Å². The minimum Gasteiger partial charge on any atom is -0.448 e. The van der Waals surface area contributed by atoms with Crippen LogP contribution in [0.2, 0.25) is 0 Å². The Morgan fingerprint density at radius 3 is 2.68 bits per heavy atom. The molecule has 0 radical (unpaired) electrons. The van der Waals surface area contributed by atoms with Gasteiger partial charge in [0.25, 0.3) is 11.5 Å². The largest absolute Gasteiger partial charge is 0.448 e. The number of hydrogen-bond donors (Lipinski definition) is 2. The van der Waals surface area contributed by atoms with E-state index in [1.54, 1.807) is 23.8 Å². The van der Waals surface area contributed by atoms with Crippen molar-refractivity contribution < 1.29 is 9.21 Å². The van der Waals surface area contributed by atoms with Crippen LogP contribution in [0.1, 0.15) is 69.7 Å². The average Bonchev–Trinajstić information content (AvgIpc) is 3.45. The number of oxazole rings is 1. The Kier molecular flexibility index (Phi) is 7.48. The summed E-state index contributed by atoms with van der Waals surface area (Å²) in [6, 6.07) is 1.92.